The molecule has 0 radical (unpaired) electrons. The molecule has 1 unspecified atom stereocenters. The number of nitrogens with zero attached hydrogens (tertiary/aromatic N) is 1. The summed E-state index contributed by atoms with van der Waals surface area (Å²) in [5.41, 5.74) is 0. The summed E-state index contributed by atoms with van der Waals surface area (Å²) >= 11 is 0. The van der Waals surface area contributed by atoms with Crippen LogP contribution < -0.4 is 4.72 Å². The van der Waals surface area contributed by atoms with Crippen molar-refractivity contribution in [3.8, 4) is 0 Å². The maximum atomic E-state index is 12.1. The number of hydrogen-bond acceptors (Lipinski definition) is 5. The van der Waals surface area contributed by atoms with Crippen LogP contribution in [0.25, 0.3) is 0 Å². The topological polar surface area (TPSA) is 88.1 Å². The standard InChI is InChI=1S/C13H28N2O5S/c1-19-9-10-20-8-3-2-6-14-21(17,18)15-7-4-5-13(11-15)12-16/h13-14,16H,2-12H2,1H3. The first-order chi connectivity index (χ1) is 10.1. The van der Waals surface area contributed by atoms with Gasteiger partial charge in [-0.05, 0) is 31.6 Å². The molecule has 0 spiro atoms. The van der Waals surface area contributed by atoms with Gasteiger partial charge < -0.3 is 14.6 Å². The molecule has 0 aromatic carbocycles. The van der Waals surface area contributed by atoms with E-state index in [2.05, 4.69) is 4.72 Å². The first-order valence-corrected chi connectivity index (χ1v) is 8.96. The Morgan fingerprint density at radius 3 is 2.81 bits per heavy atom. The minimum atomic E-state index is -3.42. The molecule has 0 aromatic heterocycles. The largest absolute Gasteiger partial charge is 0.396 e. The molecule has 1 aliphatic heterocycles. The molecule has 8 heteroatoms. The number of nitrogens with one attached hydrogen (secondary N) is 1. The first kappa shape index (κ1) is 18.8. The van der Waals surface area contributed by atoms with Crippen molar-refractivity contribution in [1.82, 2.24) is 9.03 Å². The van der Waals surface area contributed by atoms with Crippen molar-refractivity contribution in [3.05, 3.63) is 0 Å². The lowest BCUT2D eigenvalue weighted by molar-refractivity contribution is 0.0689. The minimum absolute atomic E-state index is 0.0465. The molecule has 0 amide bonds. The Balaban J connectivity index is 2.15. The van der Waals surface area contributed by atoms with E-state index in [1.165, 1.54) is 4.31 Å². The van der Waals surface area contributed by atoms with Gasteiger partial charge in [-0.2, -0.15) is 12.7 Å². The molecule has 1 fully saturated rings. The average Bonchev–Trinajstić information content (AvgIpc) is 2.50. The van der Waals surface area contributed by atoms with Gasteiger partial charge in [0.15, 0.2) is 0 Å². The first-order valence-electron chi connectivity index (χ1n) is 7.52. The highest BCUT2D eigenvalue weighted by molar-refractivity contribution is 7.87. The zero-order valence-electron chi connectivity index (χ0n) is 12.8. The van der Waals surface area contributed by atoms with Crippen LogP contribution in [0.2, 0.25) is 0 Å². The second-order valence-electron chi connectivity index (χ2n) is 5.26. The van der Waals surface area contributed by atoms with Crippen LogP contribution in [-0.2, 0) is 19.7 Å². The molecule has 1 aliphatic rings. The Bertz CT molecular complexity index is 364. The molecule has 126 valence electrons. The highest BCUT2D eigenvalue weighted by Gasteiger charge is 2.27. The van der Waals surface area contributed by atoms with Gasteiger partial charge >= 0.3 is 0 Å². The average molecular weight is 324 g/mol. The molecule has 1 rings (SSSR count). The molecular weight excluding hydrogens is 296 g/mol. The number of ether oxygens (including phenoxy) is 2. The van der Waals surface area contributed by atoms with E-state index in [1.54, 1.807) is 7.11 Å². The van der Waals surface area contributed by atoms with Gasteiger partial charge in [-0.3, -0.25) is 0 Å². The maximum absolute atomic E-state index is 12.1. The van der Waals surface area contributed by atoms with Crippen LogP contribution in [0.3, 0.4) is 0 Å². The number of unbranched alkanes of at least 4 members (excludes halogenated alkanes) is 1. The van der Waals surface area contributed by atoms with Gasteiger partial charge in [0.05, 0.1) is 13.2 Å². The van der Waals surface area contributed by atoms with Gasteiger partial charge in [-0.1, -0.05) is 0 Å². The van der Waals surface area contributed by atoms with E-state index in [9.17, 15) is 8.42 Å². The molecule has 7 nitrogen and oxygen atoms in total. The third kappa shape index (κ3) is 7.53. The van der Waals surface area contributed by atoms with Crippen LogP contribution in [0, 0.1) is 5.92 Å². The number of piperidine rings is 1. The van der Waals surface area contributed by atoms with Gasteiger partial charge in [0.1, 0.15) is 0 Å². The normalized spacial score (nSPS) is 20.8. The van der Waals surface area contributed by atoms with Gasteiger partial charge in [0.2, 0.25) is 0 Å². The lowest BCUT2D eigenvalue weighted by atomic mass is 10.0. The summed E-state index contributed by atoms with van der Waals surface area (Å²) < 4.78 is 38.4. The summed E-state index contributed by atoms with van der Waals surface area (Å²) in [6, 6.07) is 0. The zero-order chi connectivity index (χ0) is 15.6. The molecule has 0 aliphatic carbocycles. The molecule has 2 N–H and O–H groups in total. The van der Waals surface area contributed by atoms with Gasteiger partial charge in [0.25, 0.3) is 10.2 Å². The van der Waals surface area contributed by atoms with E-state index in [-0.39, 0.29) is 12.5 Å². The fraction of sp³-hybridized carbons (Fsp3) is 1.00. The van der Waals surface area contributed by atoms with E-state index in [0.29, 0.717) is 39.5 Å². The lowest BCUT2D eigenvalue weighted by Gasteiger charge is -2.30. The molecule has 0 aromatic rings. The molecule has 1 atom stereocenters. The van der Waals surface area contributed by atoms with Crippen LogP contribution in [0.1, 0.15) is 25.7 Å². The van der Waals surface area contributed by atoms with Crippen LogP contribution in [-0.4, -0.2) is 71.0 Å². The van der Waals surface area contributed by atoms with Crippen molar-refractivity contribution in [2.45, 2.75) is 25.7 Å². The van der Waals surface area contributed by atoms with E-state index < -0.39 is 10.2 Å². The number of aliphatic hydroxyl groups is 1. The maximum Gasteiger partial charge on any atom is 0.279 e. The summed E-state index contributed by atoms with van der Waals surface area (Å²) in [6.45, 7) is 3.16. The third-order valence-corrected chi connectivity index (χ3v) is 5.09. The summed E-state index contributed by atoms with van der Waals surface area (Å²) in [4.78, 5) is 0. The van der Waals surface area contributed by atoms with E-state index in [4.69, 9.17) is 14.6 Å². The highest BCUT2D eigenvalue weighted by Crippen LogP contribution is 2.17. The number of aliphatic hydroxyl groups excluding tert-OH is 1. The molecule has 1 heterocycles. The van der Waals surface area contributed by atoms with Gasteiger partial charge in [0, 0.05) is 40.0 Å². The Morgan fingerprint density at radius 1 is 1.29 bits per heavy atom. The van der Waals surface area contributed by atoms with Crippen molar-refractivity contribution in [2.75, 3.05) is 53.2 Å². The molecule has 0 bridgehead atoms. The minimum Gasteiger partial charge on any atom is -0.396 e. The van der Waals surface area contributed by atoms with Crippen molar-refractivity contribution in [3.63, 3.8) is 0 Å². The summed E-state index contributed by atoms with van der Waals surface area (Å²) in [6.07, 6.45) is 3.25. The number of methoxy groups -OCH3 is 1. The van der Waals surface area contributed by atoms with Crippen LogP contribution in [0.5, 0.6) is 0 Å². The second-order valence-corrected chi connectivity index (χ2v) is 7.02. The third-order valence-electron chi connectivity index (χ3n) is 3.51. The van der Waals surface area contributed by atoms with E-state index >= 15 is 0 Å². The number of hydrogen-bond donors (Lipinski definition) is 2. The van der Waals surface area contributed by atoms with Crippen molar-refractivity contribution < 1.29 is 23.0 Å². The Kier molecular flexibility index (Phi) is 9.37. The molecule has 21 heavy (non-hydrogen) atoms. The monoisotopic (exact) mass is 324 g/mol. The predicted octanol–water partition coefficient (Wildman–Crippen LogP) is -0.0317. The molecule has 1 saturated heterocycles. The smallest absolute Gasteiger partial charge is 0.279 e. The van der Waals surface area contributed by atoms with Crippen molar-refractivity contribution >= 4 is 10.2 Å². The quantitative estimate of drug-likeness (QED) is 0.521. The predicted molar refractivity (Wildman–Crippen MR) is 80.2 cm³/mol. The van der Waals surface area contributed by atoms with Crippen molar-refractivity contribution in [1.29, 1.82) is 0 Å². The lowest BCUT2D eigenvalue weighted by Crippen LogP contribution is -2.46. The Hall–Kier alpha value is -0.250. The van der Waals surface area contributed by atoms with Crippen LogP contribution in [0.4, 0.5) is 0 Å². The summed E-state index contributed by atoms with van der Waals surface area (Å²) in [7, 11) is -1.79. The molecule has 0 saturated carbocycles. The Morgan fingerprint density at radius 2 is 2.10 bits per heavy atom. The zero-order valence-corrected chi connectivity index (χ0v) is 13.6. The highest BCUT2D eigenvalue weighted by atomic mass is 32.2. The SMILES string of the molecule is COCCOCCCCNS(=O)(=O)N1CCCC(CO)C1. The fourth-order valence-electron chi connectivity index (χ4n) is 2.26. The summed E-state index contributed by atoms with van der Waals surface area (Å²) in [5.74, 6) is 0.0597. The fourth-order valence-corrected chi connectivity index (χ4v) is 3.62. The van der Waals surface area contributed by atoms with Crippen LogP contribution in [0.15, 0.2) is 0 Å². The van der Waals surface area contributed by atoms with Gasteiger partial charge in [-0.25, -0.2) is 4.72 Å². The summed E-state index contributed by atoms with van der Waals surface area (Å²) in [5, 5.41) is 9.14. The van der Waals surface area contributed by atoms with Gasteiger partial charge in [-0.15, -0.1) is 0 Å². The number of rotatable bonds is 11. The molecular formula is C13H28N2O5S. The van der Waals surface area contributed by atoms with Crippen molar-refractivity contribution in [2.24, 2.45) is 5.92 Å². The second kappa shape index (κ2) is 10.5. The van der Waals surface area contributed by atoms with Crippen LogP contribution >= 0.6 is 0 Å². The van der Waals surface area contributed by atoms with E-state index in [0.717, 1.165) is 25.7 Å². The van der Waals surface area contributed by atoms with E-state index in [1.807, 2.05) is 0 Å². The Labute approximate surface area is 127 Å².